The van der Waals surface area contributed by atoms with Gasteiger partial charge in [-0.15, -0.1) is 0 Å². The summed E-state index contributed by atoms with van der Waals surface area (Å²) in [6, 6.07) is 17.9. The number of carbonyl (C=O) groups excluding carboxylic acids is 3. The third-order valence-electron chi connectivity index (χ3n) is 5.33. The molecule has 8 nitrogen and oxygen atoms in total. The molecule has 1 atom stereocenters. The van der Waals surface area contributed by atoms with Gasteiger partial charge in [0.25, 0.3) is 5.91 Å². The Balaban J connectivity index is 1.66. The second kappa shape index (κ2) is 7.65. The summed E-state index contributed by atoms with van der Waals surface area (Å²) >= 11 is 0. The van der Waals surface area contributed by atoms with Gasteiger partial charge in [-0.3, -0.25) is 14.5 Å². The van der Waals surface area contributed by atoms with Crippen molar-refractivity contribution < 1.29 is 19.1 Å². The molecule has 3 N–H and O–H groups in total. The van der Waals surface area contributed by atoms with Gasteiger partial charge in [0.1, 0.15) is 6.10 Å². The SMILES string of the molecule is NC(=O)[C@H]1CN(CN2C(=O)NC(c3ccccc3)(c3ccccc3)C2=O)CCO1. The molecule has 0 saturated carbocycles. The number of urea groups is 1. The highest BCUT2D eigenvalue weighted by molar-refractivity contribution is 6.09. The van der Waals surface area contributed by atoms with Gasteiger partial charge >= 0.3 is 6.03 Å². The zero-order valence-corrected chi connectivity index (χ0v) is 15.8. The van der Waals surface area contributed by atoms with E-state index in [2.05, 4.69) is 5.32 Å². The summed E-state index contributed by atoms with van der Waals surface area (Å²) in [5.41, 5.74) is 5.41. The van der Waals surface area contributed by atoms with Gasteiger partial charge in [0.15, 0.2) is 5.54 Å². The first-order chi connectivity index (χ1) is 14.0. The number of hydrogen-bond acceptors (Lipinski definition) is 5. The first-order valence-corrected chi connectivity index (χ1v) is 9.41. The van der Waals surface area contributed by atoms with Crippen LogP contribution in [0.3, 0.4) is 0 Å². The zero-order chi connectivity index (χ0) is 20.4. The third-order valence-corrected chi connectivity index (χ3v) is 5.33. The first kappa shape index (κ1) is 19.1. The summed E-state index contributed by atoms with van der Waals surface area (Å²) < 4.78 is 5.35. The molecule has 2 aromatic carbocycles. The monoisotopic (exact) mass is 394 g/mol. The fraction of sp³-hybridized carbons (Fsp3) is 0.286. The summed E-state index contributed by atoms with van der Waals surface area (Å²) in [4.78, 5) is 41.0. The van der Waals surface area contributed by atoms with Crippen LogP contribution in [0.5, 0.6) is 0 Å². The lowest BCUT2D eigenvalue weighted by molar-refractivity contribution is -0.138. The molecular weight excluding hydrogens is 372 g/mol. The van der Waals surface area contributed by atoms with Crippen LogP contribution in [0.1, 0.15) is 11.1 Å². The van der Waals surface area contributed by atoms with Gasteiger partial charge in [-0.1, -0.05) is 60.7 Å². The quantitative estimate of drug-likeness (QED) is 0.724. The van der Waals surface area contributed by atoms with Crippen molar-refractivity contribution in [1.29, 1.82) is 0 Å². The number of rotatable bonds is 5. The summed E-state index contributed by atoms with van der Waals surface area (Å²) in [6.07, 6.45) is -0.752. The lowest BCUT2D eigenvalue weighted by atomic mass is 9.83. The minimum Gasteiger partial charge on any atom is -0.367 e. The molecule has 0 unspecified atom stereocenters. The Morgan fingerprint density at radius 3 is 2.21 bits per heavy atom. The number of nitrogens with two attached hydrogens (primary N) is 1. The van der Waals surface area contributed by atoms with E-state index >= 15 is 0 Å². The van der Waals surface area contributed by atoms with E-state index in [0.717, 1.165) is 0 Å². The van der Waals surface area contributed by atoms with E-state index in [4.69, 9.17) is 10.5 Å². The molecule has 0 aliphatic carbocycles. The lowest BCUT2D eigenvalue weighted by Crippen LogP contribution is -2.53. The molecule has 29 heavy (non-hydrogen) atoms. The number of nitrogens with zero attached hydrogens (tertiary/aromatic N) is 2. The van der Waals surface area contributed by atoms with E-state index in [1.54, 1.807) is 0 Å². The summed E-state index contributed by atoms with van der Waals surface area (Å²) in [5.74, 6) is -0.920. The first-order valence-electron chi connectivity index (χ1n) is 9.41. The van der Waals surface area contributed by atoms with E-state index in [0.29, 0.717) is 24.3 Å². The molecule has 2 saturated heterocycles. The predicted molar refractivity (Wildman–Crippen MR) is 104 cm³/mol. The molecule has 8 heteroatoms. The van der Waals surface area contributed by atoms with Crippen LogP contribution in [0.4, 0.5) is 4.79 Å². The van der Waals surface area contributed by atoms with Crippen molar-refractivity contribution in [2.75, 3.05) is 26.4 Å². The maximum Gasteiger partial charge on any atom is 0.326 e. The van der Waals surface area contributed by atoms with Crippen molar-refractivity contribution in [3.05, 3.63) is 71.8 Å². The normalized spacial score (nSPS) is 21.8. The van der Waals surface area contributed by atoms with Crippen LogP contribution in [0.25, 0.3) is 0 Å². The highest BCUT2D eigenvalue weighted by atomic mass is 16.5. The van der Waals surface area contributed by atoms with E-state index in [9.17, 15) is 14.4 Å². The molecule has 0 aromatic heterocycles. The average Bonchev–Trinajstić information content (AvgIpc) is 3.01. The molecule has 0 radical (unpaired) electrons. The number of carbonyl (C=O) groups is 3. The maximum absolute atomic E-state index is 13.6. The van der Waals surface area contributed by atoms with Gasteiger partial charge < -0.3 is 15.8 Å². The summed E-state index contributed by atoms with van der Waals surface area (Å²) in [5, 5.41) is 2.91. The molecule has 4 rings (SSSR count). The largest absolute Gasteiger partial charge is 0.367 e. The van der Waals surface area contributed by atoms with Crippen molar-refractivity contribution in [2.45, 2.75) is 11.6 Å². The van der Waals surface area contributed by atoms with Gasteiger partial charge in [0, 0.05) is 13.1 Å². The topological polar surface area (TPSA) is 105 Å². The van der Waals surface area contributed by atoms with Crippen molar-refractivity contribution in [2.24, 2.45) is 5.73 Å². The second-order valence-corrected chi connectivity index (χ2v) is 7.13. The highest BCUT2D eigenvalue weighted by Gasteiger charge is 2.54. The molecule has 0 spiro atoms. The molecule has 4 amide bonds. The average molecular weight is 394 g/mol. The smallest absolute Gasteiger partial charge is 0.326 e. The number of benzene rings is 2. The van der Waals surface area contributed by atoms with Crippen LogP contribution in [-0.4, -0.2) is 60.1 Å². The molecule has 2 aliphatic rings. The fourth-order valence-electron chi connectivity index (χ4n) is 3.84. The number of amides is 4. The molecule has 2 aromatic rings. The van der Waals surface area contributed by atoms with Crippen LogP contribution in [0.15, 0.2) is 60.7 Å². The summed E-state index contributed by atoms with van der Waals surface area (Å²) in [7, 11) is 0. The van der Waals surface area contributed by atoms with Gasteiger partial charge in [-0.05, 0) is 11.1 Å². The van der Waals surface area contributed by atoms with Crippen LogP contribution in [0.2, 0.25) is 0 Å². The molecule has 2 aliphatic heterocycles. The number of hydrogen-bond donors (Lipinski definition) is 2. The van der Waals surface area contributed by atoms with Gasteiger partial charge in [-0.25, -0.2) is 9.69 Å². The molecule has 0 bridgehead atoms. The number of morpholine rings is 1. The van der Waals surface area contributed by atoms with E-state index in [-0.39, 0.29) is 19.1 Å². The minimum absolute atomic E-state index is 0.0548. The van der Waals surface area contributed by atoms with Crippen LogP contribution >= 0.6 is 0 Å². The standard InChI is InChI=1S/C21H22N4O4/c22-18(26)17-13-24(11-12-29-17)14-25-19(27)21(23-20(25)28,15-7-3-1-4-8-15)16-9-5-2-6-10-16/h1-10,17H,11-14H2,(H2,22,26)(H,23,28)/t17-/m1/s1. The molecule has 2 heterocycles. The Morgan fingerprint density at radius 2 is 1.66 bits per heavy atom. The van der Waals surface area contributed by atoms with Crippen molar-refractivity contribution in [1.82, 2.24) is 15.1 Å². The molecular formula is C21H22N4O4. The van der Waals surface area contributed by atoms with Crippen LogP contribution in [0, 0.1) is 0 Å². The van der Waals surface area contributed by atoms with E-state index in [1.807, 2.05) is 65.6 Å². The van der Waals surface area contributed by atoms with Gasteiger partial charge in [0.2, 0.25) is 5.91 Å². The third kappa shape index (κ3) is 3.37. The number of imide groups is 1. The number of nitrogens with one attached hydrogen (secondary N) is 1. The predicted octanol–water partition coefficient (Wildman–Crippen LogP) is 0.626. The summed E-state index contributed by atoms with van der Waals surface area (Å²) in [6.45, 7) is 1.08. The van der Waals surface area contributed by atoms with Crippen LogP contribution in [-0.2, 0) is 19.9 Å². The number of primary amides is 1. The van der Waals surface area contributed by atoms with Crippen molar-refractivity contribution in [3.63, 3.8) is 0 Å². The van der Waals surface area contributed by atoms with Crippen molar-refractivity contribution >= 4 is 17.8 Å². The van der Waals surface area contributed by atoms with Crippen molar-refractivity contribution in [3.8, 4) is 0 Å². The Hall–Kier alpha value is -3.23. The second-order valence-electron chi connectivity index (χ2n) is 7.13. The minimum atomic E-state index is -1.30. The van der Waals surface area contributed by atoms with E-state index in [1.165, 1.54) is 4.90 Å². The Morgan fingerprint density at radius 1 is 1.07 bits per heavy atom. The fourth-order valence-corrected chi connectivity index (χ4v) is 3.84. The highest BCUT2D eigenvalue weighted by Crippen LogP contribution is 2.36. The molecule has 2 fully saturated rings. The maximum atomic E-state index is 13.6. The van der Waals surface area contributed by atoms with Gasteiger partial charge in [0.05, 0.1) is 13.3 Å². The molecule has 150 valence electrons. The van der Waals surface area contributed by atoms with Crippen LogP contribution < -0.4 is 11.1 Å². The van der Waals surface area contributed by atoms with Gasteiger partial charge in [-0.2, -0.15) is 0 Å². The lowest BCUT2D eigenvalue weighted by Gasteiger charge is -2.33. The zero-order valence-electron chi connectivity index (χ0n) is 15.8. The number of ether oxygens (including phenoxy) is 1. The van der Waals surface area contributed by atoms with E-state index < -0.39 is 23.6 Å². The Bertz CT molecular complexity index is 879. The Labute approximate surface area is 168 Å². The Kier molecular flexibility index (Phi) is 5.04.